The monoisotopic (exact) mass is 735 g/mol. The topological polar surface area (TPSA) is 202 Å². The van der Waals surface area contributed by atoms with Crippen molar-refractivity contribution in [1.82, 2.24) is 0 Å². The van der Waals surface area contributed by atoms with Crippen LogP contribution in [0.15, 0.2) is 0 Å². The summed E-state index contributed by atoms with van der Waals surface area (Å²) in [5.41, 5.74) is 0. The minimum absolute atomic E-state index is 0.0186. The molecule has 0 radical (unpaired) electrons. The second-order valence-electron chi connectivity index (χ2n) is 10.3. The number of hydrogen-bond acceptors (Lipinski definition) is 17. The van der Waals surface area contributed by atoms with Crippen LogP contribution in [0.2, 0.25) is 0 Å². The molecule has 0 heterocycles. The van der Waals surface area contributed by atoms with Crippen molar-refractivity contribution in [3.05, 3.63) is 0 Å². The molecular weight excluding hydrogens is 676 g/mol. The van der Waals surface area contributed by atoms with Crippen LogP contribution in [0.25, 0.3) is 0 Å². The fraction of sp³-hybridized carbons (Fsp3) is 0.935. The number of ether oxygens (including phenoxy) is 12. The Labute approximate surface area is 291 Å². The van der Waals surface area contributed by atoms with Gasteiger partial charge in [-0.05, 0) is 12.8 Å². The number of esters is 2. The summed E-state index contributed by atoms with van der Waals surface area (Å²) in [7, 11) is -2.67. The molecule has 0 rings (SSSR count). The molecule has 0 spiro atoms. The lowest BCUT2D eigenvalue weighted by atomic mass is 9.94. The van der Waals surface area contributed by atoms with Crippen LogP contribution in [0, 0.1) is 11.8 Å². The number of carbonyl (C=O) groups is 2. The quantitative estimate of drug-likeness (QED) is 0.0480. The minimum Gasteiger partial charge on any atom is -0.748 e. The highest BCUT2D eigenvalue weighted by Crippen LogP contribution is 2.18. The molecule has 0 aliphatic heterocycles. The molecule has 0 aliphatic carbocycles. The highest BCUT2D eigenvalue weighted by atomic mass is 32.2. The summed E-state index contributed by atoms with van der Waals surface area (Å²) in [6.07, 6.45) is 0.792. The summed E-state index contributed by atoms with van der Waals surface area (Å²) in [5, 5.41) is 0. The molecule has 0 aromatic rings. The second-order valence-corrected chi connectivity index (χ2v) is 11.9. The van der Waals surface area contributed by atoms with Crippen molar-refractivity contribution in [2.75, 3.05) is 152 Å². The highest BCUT2D eigenvalue weighted by molar-refractivity contribution is 7.85. The molecule has 0 saturated carbocycles. The zero-order valence-corrected chi connectivity index (χ0v) is 30.3. The van der Waals surface area contributed by atoms with Gasteiger partial charge in [-0.3, -0.25) is 9.59 Å². The number of hydrogen-bond donors (Lipinski definition) is 0. The third-order valence-corrected chi connectivity index (χ3v) is 6.99. The molecule has 18 heteroatoms. The van der Waals surface area contributed by atoms with E-state index in [1.807, 2.05) is 6.92 Å². The Hall–Kier alpha value is -1.55. The summed E-state index contributed by atoms with van der Waals surface area (Å²) in [4.78, 5) is 24.7. The average Bonchev–Trinajstić information content (AvgIpc) is 3.07. The van der Waals surface area contributed by atoms with Crippen molar-refractivity contribution >= 4 is 22.1 Å². The summed E-state index contributed by atoms with van der Waals surface area (Å²) >= 11 is 0. The van der Waals surface area contributed by atoms with Gasteiger partial charge in [-0.15, -0.1) is 0 Å². The molecule has 0 aromatic carbocycles. The third-order valence-electron chi connectivity index (χ3n) is 6.32. The van der Waals surface area contributed by atoms with Crippen LogP contribution in [0.3, 0.4) is 0 Å². The van der Waals surface area contributed by atoms with Gasteiger partial charge in [0.15, 0.2) is 0 Å². The molecule has 0 aromatic heterocycles. The molecule has 17 nitrogen and oxygen atoms in total. The standard InChI is InChI=1S/C31H60O17S/c1-4-29(27-28(2)30(32)47-23-21-45-19-20-46-25-26-49(34,35)36)31(33)48-24-22-44-18-17-43-16-15-42-14-13-41-12-11-40-10-9-39-8-7-38-6-5-37-3/h28-29H,4-27H2,1-3H3,(H,34,35,36)/p-1. The van der Waals surface area contributed by atoms with E-state index in [0.717, 1.165) is 0 Å². The Morgan fingerprint density at radius 2 is 0.816 bits per heavy atom. The maximum atomic E-state index is 12.4. The van der Waals surface area contributed by atoms with Gasteiger partial charge in [0.1, 0.15) is 13.2 Å². The zero-order valence-electron chi connectivity index (χ0n) is 29.5. The van der Waals surface area contributed by atoms with Gasteiger partial charge in [0, 0.05) is 7.11 Å². The zero-order chi connectivity index (χ0) is 36.3. The summed E-state index contributed by atoms with van der Waals surface area (Å²) in [5.74, 6) is -2.42. The van der Waals surface area contributed by atoms with Gasteiger partial charge in [0.2, 0.25) is 0 Å². The van der Waals surface area contributed by atoms with E-state index in [4.69, 9.17) is 56.8 Å². The van der Waals surface area contributed by atoms with Crippen LogP contribution in [0.4, 0.5) is 0 Å². The first-order valence-electron chi connectivity index (χ1n) is 16.7. The predicted molar refractivity (Wildman–Crippen MR) is 173 cm³/mol. The first kappa shape index (κ1) is 47.4. The first-order valence-corrected chi connectivity index (χ1v) is 18.2. The van der Waals surface area contributed by atoms with Crippen molar-refractivity contribution in [2.24, 2.45) is 11.8 Å². The third kappa shape index (κ3) is 34.7. The molecule has 2 unspecified atom stereocenters. The smallest absolute Gasteiger partial charge is 0.309 e. The van der Waals surface area contributed by atoms with Gasteiger partial charge < -0.3 is 61.4 Å². The fourth-order valence-corrected chi connectivity index (χ4v) is 3.98. The van der Waals surface area contributed by atoms with Crippen LogP contribution in [-0.2, 0) is 76.5 Å². The predicted octanol–water partition coefficient (Wildman–Crippen LogP) is 0.466. The van der Waals surface area contributed by atoms with Crippen LogP contribution >= 0.6 is 0 Å². The Bertz CT molecular complexity index is 861. The Morgan fingerprint density at radius 1 is 0.510 bits per heavy atom. The lowest BCUT2D eigenvalue weighted by Gasteiger charge is -2.18. The molecule has 0 aliphatic rings. The number of rotatable bonds is 38. The fourth-order valence-electron chi connectivity index (χ4n) is 3.66. The number of carbonyl (C=O) groups excluding carboxylic acids is 2. The normalized spacial score (nSPS) is 13.0. The van der Waals surface area contributed by atoms with Crippen LogP contribution in [0.5, 0.6) is 0 Å². The molecule has 0 bridgehead atoms. The highest BCUT2D eigenvalue weighted by Gasteiger charge is 2.25. The Kier molecular flexibility index (Phi) is 33.8. The van der Waals surface area contributed by atoms with E-state index in [-0.39, 0.29) is 52.7 Å². The van der Waals surface area contributed by atoms with E-state index >= 15 is 0 Å². The van der Waals surface area contributed by atoms with Crippen LogP contribution in [0.1, 0.15) is 26.7 Å². The van der Waals surface area contributed by atoms with Gasteiger partial charge in [-0.2, -0.15) is 0 Å². The van der Waals surface area contributed by atoms with Gasteiger partial charge in [-0.25, -0.2) is 8.42 Å². The van der Waals surface area contributed by atoms with Crippen molar-refractivity contribution in [3.8, 4) is 0 Å². The molecule has 0 N–H and O–H groups in total. The van der Waals surface area contributed by atoms with Crippen LogP contribution in [-0.4, -0.2) is 177 Å². The SMILES string of the molecule is CCC(CC(C)C(=O)OCCOCCOCCS(=O)(=O)[O-])C(=O)OCCOCCOCCOCCOCCOCCOCCOCCOC. The summed E-state index contributed by atoms with van der Waals surface area (Å²) in [6.45, 7) is 10.7. The van der Waals surface area contributed by atoms with E-state index in [1.165, 1.54) is 0 Å². The Balaban J connectivity index is 3.55. The Morgan fingerprint density at radius 3 is 1.14 bits per heavy atom. The van der Waals surface area contributed by atoms with Gasteiger partial charge in [0.05, 0.1) is 153 Å². The van der Waals surface area contributed by atoms with E-state index in [1.54, 1.807) is 14.0 Å². The molecule has 0 fully saturated rings. The minimum atomic E-state index is -4.30. The van der Waals surface area contributed by atoms with Gasteiger partial charge >= 0.3 is 11.9 Å². The van der Waals surface area contributed by atoms with E-state index in [0.29, 0.717) is 98.9 Å². The molecule has 0 amide bonds. The summed E-state index contributed by atoms with van der Waals surface area (Å²) in [6, 6.07) is 0. The van der Waals surface area contributed by atoms with Crippen molar-refractivity contribution in [2.45, 2.75) is 26.7 Å². The molecule has 292 valence electrons. The molecule has 0 saturated heterocycles. The van der Waals surface area contributed by atoms with E-state index < -0.39 is 39.6 Å². The summed E-state index contributed by atoms with van der Waals surface area (Å²) < 4.78 is 94.9. The maximum absolute atomic E-state index is 12.4. The van der Waals surface area contributed by atoms with E-state index in [2.05, 4.69) is 0 Å². The van der Waals surface area contributed by atoms with Crippen LogP contribution < -0.4 is 0 Å². The lowest BCUT2D eigenvalue weighted by molar-refractivity contribution is -0.154. The van der Waals surface area contributed by atoms with Crippen molar-refractivity contribution < 1.29 is 79.4 Å². The van der Waals surface area contributed by atoms with E-state index in [9.17, 15) is 22.6 Å². The first-order chi connectivity index (χ1) is 23.7. The van der Waals surface area contributed by atoms with Crippen molar-refractivity contribution in [1.29, 1.82) is 0 Å². The van der Waals surface area contributed by atoms with Gasteiger partial charge in [-0.1, -0.05) is 13.8 Å². The molecular formula is C31H59O17S-. The largest absolute Gasteiger partial charge is 0.748 e. The second kappa shape index (κ2) is 34.9. The maximum Gasteiger partial charge on any atom is 0.309 e. The van der Waals surface area contributed by atoms with Gasteiger partial charge in [0.25, 0.3) is 0 Å². The van der Waals surface area contributed by atoms with Crippen molar-refractivity contribution in [3.63, 3.8) is 0 Å². The molecule has 49 heavy (non-hydrogen) atoms. The lowest BCUT2D eigenvalue weighted by Crippen LogP contribution is -2.26. The molecule has 2 atom stereocenters. The average molecular weight is 736 g/mol. The number of methoxy groups -OCH3 is 1.